The van der Waals surface area contributed by atoms with Gasteiger partial charge in [0.1, 0.15) is 0 Å². The Morgan fingerprint density at radius 3 is 1.31 bits per heavy atom. The van der Waals surface area contributed by atoms with E-state index in [9.17, 15) is 0 Å². The van der Waals surface area contributed by atoms with Crippen molar-refractivity contribution in [2.75, 3.05) is 6.61 Å². The Labute approximate surface area is 190 Å². The van der Waals surface area contributed by atoms with E-state index in [1.165, 1.54) is 78.2 Å². The van der Waals surface area contributed by atoms with Gasteiger partial charge in [-0.15, -0.1) is 0 Å². The van der Waals surface area contributed by atoms with Gasteiger partial charge in [-0.3, -0.25) is 0 Å². The zero-order valence-electron chi connectivity index (χ0n) is 17.2. The fourth-order valence-corrected chi connectivity index (χ4v) is 4.78. The molecule has 0 unspecified atom stereocenters. The molecule has 3 aromatic rings. The first-order valence-electron chi connectivity index (χ1n) is 10.8. The van der Waals surface area contributed by atoms with Crippen molar-refractivity contribution in [1.29, 1.82) is 0 Å². The van der Waals surface area contributed by atoms with Gasteiger partial charge in [-0.1, -0.05) is 54.6 Å². The third-order valence-electron chi connectivity index (χ3n) is 5.85. The third-order valence-corrected chi connectivity index (χ3v) is 6.43. The molecular weight excluding hydrogens is 459 g/mol. The van der Waals surface area contributed by atoms with E-state index in [0.29, 0.717) is 0 Å². The first-order valence-corrected chi connectivity index (χ1v) is 12.0. The van der Waals surface area contributed by atoms with E-state index in [0.717, 1.165) is 13.0 Å². The van der Waals surface area contributed by atoms with E-state index in [-0.39, 0.29) is 5.41 Å². The summed E-state index contributed by atoms with van der Waals surface area (Å²) in [4.78, 5) is 0. The van der Waals surface area contributed by atoms with E-state index in [1.807, 2.05) is 0 Å². The Balaban J connectivity index is 1.83. The molecule has 0 spiro atoms. The van der Waals surface area contributed by atoms with Crippen molar-refractivity contribution in [2.45, 2.75) is 50.4 Å². The van der Waals surface area contributed by atoms with Gasteiger partial charge in [-0.2, -0.15) is 0 Å². The van der Waals surface area contributed by atoms with Crippen molar-refractivity contribution >= 4 is 22.9 Å². The van der Waals surface area contributed by atoms with Crippen LogP contribution in [0.3, 0.4) is 0 Å². The molecular formula is C27H31OSn. The first kappa shape index (κ1) is 22.1. The molecule has 0 aliphatic rings. The Morgan fingerprint density at radius 1 is 0.517 bits per heavy atom. The topological polar surface area (TPSA) is 9.23 Å². The molecule has 0 fully saturated rings. The smallest absolute Gasteiger partial charge is 0.0622 e. The minimum atomic E-state index is -0.0944. The van der Waals surface area contributed by atoms with Crippen molar-refractivity contribution in [3.63, 3.8) is 0 Å². The summed E-state index contributed by atoms with van der Waals surface area (Å²) in [6, 6.07) is 33.2. The number of hydrogen-bond acceptors (Lipinski definition) is 1. The minimum Gasteiger partial charge on any atom is -0.0622 e. The molecule has 0 saturated heterocycles. The van der Waals surface area contributed by atoms with Crippen LogP contribution in [0.15, 0.2) is 91.0 Å². The van der Waals surface area contributed by atoms with Crippen molar-refractivity contribution < 1.29 is 3.07 Å². The van der Waals surface area contributed by atoms with Crippen LogP contribution in [-0.2, 0) is 8.49 Å². The predicted octanol–water partition coefficient (Wildman–Crippen LogP) is 6.85. The molecule has 0 atom stereocenters. The Bertz CT molecular complexity index is 705. The van der Waals surface area contributed by atoms with Crippen LogP contribution >= 0.6 is 0 Å². The molecule has 0 saturated carbocycles. The predicted molar refractivity (Wildman–Crippen MR) is 123 cm³/mol. The summed E-state index contributed by atoms with van der Waals surface area (Å²) in [5.74, 6) is 0. The Morgan fingerprint density at radius 2 is 0.897 bits per heavy atom. The van der Waals surface area contributed by atoms with E-state index in [1.54, 1.807) is 0 Å². The molecule has 1 nitrogen and oxygen atoms in total. The molecule has 3 radical (unpaired) electrons. The minimum absolute atomic E-state index is 0.0944. The Hall–Kier alpha value is -1.58. The third kappa shape index (κ3) is 5.96. The van der Waals surface area contributed by atoms with Crippen molar-refractivity contribution in [3.05, 3.63) is 108 Å². The van der Waals surface area contributed by atoms with Gasteiger partial charge in [0.25, 0.3) is 0 Å². The van der Waals surface area contributed by atoms with E-state index in [2.05, 4.69) is 91.0 Å². The molecule has 0 bridgehead atoms. The van der Waals surface area contributed by atoms with Gasteiger partial charge in [-0.05, 0) is 0 Å². The van der Waals surface area contributed by atoms with Crippen LogP contribution in [0.2, 0.25) is 0 Å². The molecule has 3 aromatic carbocycles. The Kier molecular flexibility index (Phi) is 9.30. The van der Waals surface area contributed by atoms with E-state index >= 15 is 0 Å². The molecule has 2 heteroatoms. The molecule has 3 rings (SSSR count). The van der Waals surface area contributed by atoms with Gasteiger partial charge >= 0.3 is 136 Å². The average molecular weight is 490 g/mol. The van der Waals surface area contributed by atoms with Gasteiger partial charge < -0.3 is 0 Å². The second-order valence-electron chi connectivity index (χ2n) is 7.72. The van der Waals surface area contributed by atoms with E-state index < -0.39 is 0 Å². The number of hydrogen-bond donors (Lipinski definition) is 0. The summed E-state index contributed by atoms with van der Waals surface area (Å²) in [6.07, 6.45) is 8.76. The van der Waals surface area contributed by atoms with Gasteiger partial charge in [-0.25, -0.2) is 0 Å². The van der Waals surface area contributed by atoms with Gasteiger partial charge in [0, 0.05) is 0 Å². The number of unbranched alkanes of at least 4 members (excludes halogenated alkanes) is 5. The van der Waals surface area contributed by atoms with Crippen LogP contribution in [0.5, 0.6) is 0 Å². The van der Waals surface area contributed by atoms with Crippen LogP contribution in [0.1, 0.15) is 61.6 Å². The summed E-state index contributed by atoms with van der Waals surface area (Å²) in [6.45, 7) is 0.928. The normalized spacial score (nSPS) is 11.5. The van der Waals surface area contributed by atoms with E-state index in [4.69, 9.17) is 3.07 Å². The first-order chi connectivity index (χ1) is 14.4. The zero-order valence-corrected chi connectivity index (χ0v) is 20.1. The van der Waals surface area contributed by atoms with Crippen LogP contribution in [0.25, 0.3) is 0 Å². The van der Waals surface area contributed by atoms with Crippen LogP contribution in [0, 0.1) is 0 Å². The van der Waals surface area contributed by atoms with Crippen LogP contribution in [-0.4, -0.2) is 29.5 Å². The zero-order chi connectivity index (χ0) is 20.2. The SMILES string of the molecule is [Sn][O]CCCCCCCCC(c1ccccc1)(c1ccccc1)c1ccccc1. The van der Waals surface area contributed by atoms with Crippen LogP contribution < -0.4 is 0 Å². The van der Waals surface area contributed by atoms with Gasteiger partial charge in [0.05, 0.1) is 0 Å². The summed E-state index contributed by atoms with van der Waals surface area (Å²) < 4.78 is 5.25. The maximum atomic E-state index is 5.25. The average Bonchev–Trinajstić information content (AvgIpc) is 2.80. The summed E-state index contributed by atoms with van der Waals surface area (Å²) >= 11 is 1.19. The van der Waals surface area contributed by atoms with Gasteiger partial charge in [0.15, 0.2) is 0 Å². The molecule has 0 heterocycles. The quantitative estimate of drug-likeness (QED) is 0.153. The van der Waals surface area contributed by atoms with Crippen molar-refractivity contribution in [1.82, 2.24) is 0 Å². The molecule has 0 aliphatic heterocycles. The second kappa shape index (κ2) is 12.2. The summed E-state index contributed by atoms with van der Waals surface area (Å²) in [5, 5.41) is 0. The van der Waals surface area contributed by atoms with Crippen LogP contribution in [0.4, 0.5) is 0 Å². The maximum absolute atomic E-state index is 5.25. The number of benzene rings is 3. The second-order valence-corrected chi connectivity index (χ2v) is 8.55. The summed E-state index contributed by atoms with van der Waals surface area (Å²) in [7, 11) is 0. The molecule has 0 N–H and O–H groups in total. The van der Waals surface area contributed by atoms with Gasteiger partial charge in [0.2, 0.25) is 0 Å². The molecule has 29 heavy (non-hydrogen) atoms. The molecule has 0 amide bonds. The standard InChI is InChI=1S/C27H31O.Sn/c28-23-15-4-2-1-3-14-22-27(24-16-8-5-9-17-24,25-18-10-6-11-19-25)26-20-12-7-13-21-26;/h5-13,16-21H,1-4,14-15,22-23H2;/q-1;+1. The molecule has 0 aromatic heterocycles. The fourth-order valence-electron chi connectivity index (χ4n) is 4.37. The van der Waals surface area contributed by atoms with Crippen molar-refractivity contribution in [3.8, 4) is 0 Å². The number of rotatable bonds is 12. The monoisotopic (exact) mass is 491 g/mol. The fraction of sp³-hybridized carbons (Fsp3) is 0.333. The summed E-state index contributed by atoms with van der Waals surface area (Å²) in [5.41, 5.74) is 4.07. The molecule has 0 aliphatic carbocycles. The van der Waals surface area contributed by atoms with Crippen molar-refractivity contribution in [2.24, 2.45) is 0 Å². The molecule has 149 valence electrons.